The normalized spacial score (nSPS) is 15.7. The van der Waals surface area contributed by atoms with E-state index in [0.717, 1.165) is 67.0 Å². The third-order valence-corrected chi connectivity index (χ3v) is 28.9. The summed E-state index contributed by atoms with van der Waals surface area (Å²) in [6.07, 6.45) is 3.67. The van der Waals surface area contributed by atoms with Gasteiger partial charge in [-0.2, -0.15) is 0 Å². The van der Waals surface area contributed by atoms with Crippen molar-refractivity contribution in [1.29, 1.82) is 0 Å². The first kappa shape index (κ1) is 116. The van der Waals surface area contributed by atoms with Gasteiger partial charge in [0, 0.05) is 154 Å². The number of nitrogens with zero attached hydrogens (tertiary/aromatic N) is 9. The van der Waals surface area contributed by atoms with Gasteiger partial charge in [-0.1, -0.05) is 203 Å². The van der Waals surface area contributed by atoms with Gasteiger partial charge in [0.1, 0.15) is 36.1 Å². The van der Waals surface area contributed by atoms with E-state index in [1.165, 1.54) is 28.3 Å². The number of fused-ring (bicyclic) bond motifs is 4. The number of carboxylic acids is 1. The molecule has 7 aromatic rings. The maximum Gasteiger partial charge on any atom is 0.424 e. The lowest BCUT2D eigenvalue weighted by atomic mass is 9.88. The number of methoxy groups -OCH3 is 2. The van der Waals surface area contributed by atoms with Gasteiger partial charge in [-0.05, 0) is 126 Å². The standard InChI is InChI=1S/C59H80N8O12.C50H74N6O8S/c1-6-53(69)51(19-13-27-61-58(60)75)62-57(74)49(40(2)3)37-44(68)21-22-55(71)67(31-33-78-35-34-77-32-26-56(72)73)42-23-28-65(29-24-42)54(70)25-30-66-43(36-41-14-7-12-20-52(41)66)38-63(4)64(5)59(76)79-39-50-47-17-10-8-15-45(47)46-16-9-11-18-48(46)50;1-13-34(7)44(54(9)49(60)42(31(2)3)53-47(59)43(32(4)5)55(10)50(61)64-30-37-23-21-33(6)22-24-37)40(62-11)29-41(57)56-26-17-20-39(56)45(63-12)35(8)46(58)52-38(48-51-25-27-65-48)28-36-18-15-14-16-19-36/h7-12,14-18,20,36,40,42,49-51H,6,13,19,21-35,37-39H2,1-5H3,(H,62,74)(H,72,73)(H3,60,61,75);14-16,18-19,21-25,27,31-32,34-35,38-40,42-45H,13,17,20,26,28-30H2,1-12H3,(H,52,58)(H,53,59)/t49-,51-;34-,35+,38-,39-,40+,42-,43-,44-,45+/m00/s1. The molecule has 35 heteroatoms. The summed E-state index contributed by atoms with van der Waals surface area (Å²) in [7, 11) is 9.87. The van der Waals surface area contributed by atoms with E-state index < -0.39 is 84.2 Å². The lowest BCUT2D eigenvalue weighted by Gasteiger charge is -2.41. The van der Waals surface area contributed by atoms with Gasteiger partial charge in [0.25, 0.3) is 0 Å². The van der Waals surface area contributed by atoms with Gasteiger partial charge >= 0.3 is 24.2 Å². The molecule has 5 aromatic carbocycles. The molecule has 2 aliphatic heterocycles. The highest BCUT2D eigenvalue weighted by atomic mass is 32.1. The van der Waals surface area contributed by atoms with E-state index in [4.69, 9.17) is 39.3 Å². The first-order valence-electron chi connectivity index (χ1n) is 50.7. The number of nitrogens with two attached hydrogens (primary N) is 1. The van der Waals surface area contributed by atoms with Gasteiger partial charge in [0.2, 0.25) is 41.4 Å². The number of urea groups is 1. The van der Waals surface area contributed by atoms with E-state index in [0.29, 0.717) is 71.2 Å². The minimum absolute atomic E-state index is 0.0105. The molecule has 10 rings (SSSR count). The number of rotatable bonds is 55. The average molecular weight is 2010 g/mol. The minimum Gasteiger partial charge on any atom is -0.481 e. The molecule has 0 unspecified atom stereocenters. The Labute approximate surface area is 852 Å². The van der Waals surface area contributed by atoms with Gasteiger partial charge in [0.15, 0.2) is 5.78 Å². The molecule has 3 aliphatic rings. The second kappa shape index (κ2) is 57.6. The van der Waals surface area contributed by atoms with Gasteiger partial charge in [-0.25, -0.2) is 29.4 Å². The van der Waals surface area contributed by atoms with Crippen LogP contribution >= 0.6 is 11.3 Å². The third kappa shape index (κ3) is 33.0. The molecule has 2 fully saturated rings. The predicted octanol–water partition coefficient (Wildman–Crippen LogP) is 13.7. The molecule has 0 radical (unpaired) electrons. The molecule has 4 heterocycles. The number of hydrazine groups is 1. The van der Waals surface area contributed by atoms with E-state index in [1.54, 1.807) is 56.2 Å². The van der Waals surface area contributed by atoms with Gasteiger partial charge < -0.3 is 84.7 Å². The Morgan fingerprint density at radius 3 is 1.90 bits per heavy atom. The van der Waals surface area contributed by atoms with Crippen LogP contribution in [0.1, 0.15) is 210 Å². The molecule has 7 N–H and O–H groups in total. The van der Waals surface area contributed by atoms with Crippen LogP contribution in [0, 0.1) is 42.4 Å². The minimum atomic E-state index is -0.966. The van der Waals surface area contributed by atoms with Crippen molar-refractivity contribution in [2.75, 3.05) is 108 Å². The van der Waals surface area contributed by atoms with Crippen LogP contribution in [0.5, 0.6) is 0 Å². The van der Waals surface area contributed by atoms with Crippen LogP contribution in [0.2, 0.25) is 0 Å². The summed E-state index contributed by atoms with van der Waals surface area (Å²) in [6.45, 7) is 24.0. The Morgan fingerprint density at radius 2 is 1.29 bits per heavy atom. The van der Waals surface area contributed by atoms with E-state index in [-0.39, 0.29) is 193 Å². The first-order chi connectivity index (χ1) is 68.9. The average Bonchev–Trinajstić information content (AvgIpc) is 1.61. The maximum atomic E-state index is 14.6. The number of amides is 11. The van der Waals surface area contributed by atoms with Crippen LogP contribution in [0.4, 0.5) is 14.4 Å². The lowest BCUT2D eigenvalue weighted by molar-refractivity contribution is -0.148. The number of Topliss-reactive ketones (excluding diaryl/α,β-unsaturated/α-hetero) is 2. The first-order valence-corrected chi connectivity index (χ1v) is 51.6. The van der Waals surface area contributed by atoms with E-state index in [9.17, 15) is 62.3 Å². The summed E-state index contributed by atoms with van der Waals surface area (Å²) < 4.78 is 36.9. The number of ketones is 2. The van der Waals surface area contributed by atoms with E-state index in [1.807, 2.05) is 195 Å². The molecule has 2 saturated heterocycles. The summed E-state index contributed by atoms with van der Waals surface area (Å²) in [6, 6.07) is 39.3. The number of piperidine rings is 1. The van der Waals surface area contributed by atoms with Crippen molar-refractivity contribution >= 4 is 99.3 Å². The highest BCUT2D eigenvalue weighted by molar-refractivity contribution is 7.09. The zero-order chi connectivity index (χ0) is 105. The summed E-state index contributed by atoms with van der Waals surface area (Å²) in [5.74, 6) is -5.62. The molecular formula is C109H154N14O20S. The number of thiazole rings is 1. The van der Waals surface area contributed by atoms with E-state index >= 15 is 0 Å². The summed E-state index contributed by atoms with van der Waals surface area (Å²) in [5.41, 5.74) is 14.6. The van der Waals surface area contributed by atoms with Crippen LogP contribution in [0.25, 0.3) is 22.0 Å². The molecular weight excluding hydrogens is 1860 g/mol. The monoisotopic (exact) mass is 2010 g/mol. The highest BCUT2D eigenvalue weighted by Gasteiger charge is 2.45. The van der Waals surface area contributed by atoms with Crippen molar-refractivity contribution < 1.29 is 95.9 Å². The molecule has 144 heavy (non-hydrogen) atoms. The van der Waals surface area contributed by atoms with Crippen molar-refractivity contribution in [2.45, 2.75) is 253 Å². The second-order valence-corrected chi connectivity index (χ2v) is 39.9. The zero-order valence-electron chi connectivity index (χ0n) is 87.1. The van der Waals surface area contributed by atoms with Crippen LogP contribution in [0.3, 0.4) is 0 Å². The van der Waals surface area contributed by atoms with Crippen molar-refractivity contribution in [3.8, 4) is 11.1 Å². The number of primary amides is 1. The summed E-state index contributed by atoms with van der Waals surface area (Å²) in [5, 5.41) is 27.4. The number of likely N-dealkylation sites (tertiary alicyclic amines) is 2. The molecule has 34 nitrogen and oxygen atoms in total. The number of benzene rings is 5. The van der Waals surface area contributed by atoms with Crippen LogP contribution in [-0.4, -0.2) is 283 Å². The van der Waals surface area contributed by atoms with Crippen molar-refractivity contribution in [2.24, 2.45) is 41.2 Å². The Hall–Kier alpha value is -12.0. The number of ether oxygens (including phenoxy) is 6. The molecule has 2 aromatic heterocycles. The Kier molecular flexibility index (Phi) is 46.2. The molecule has 0 spiro atoms. The SMILES string of the molecule is CCC(=O)[C@H](CCCNC(N)=O)NC(=O)[C@@H](CC(=O)CCC(=O)N(CCOCCOCCC(=O)O)C1CCN(C(=O)CCn2c(CN(C)N(C)C(=O)OCC3c4ccccc4-c4ccccc43)cc3ccccc32)CC1)C(C)C.CC[C@H](C)[C@@H]([C@@H](CC(=O)N1CCC[C@H]1[C@H](OC)[C@@H](C)C(=O)N[C@@H](Cc1ccccc1)c1nccs1)OC)N(C)C(=O)[C@@H](NC(=O)[C@H](C(C)C)N(C)C(=O)OCc1ccc(C)cc1)C(C)C. The van der Waals surface area contributed by atoms with Gasteiger partial charge in [0.05, 0.1) is 88.1 Å². The largest absolute Gasteiger partial charge is 0.481 e. The van der Waals surface area contributed by atoms with Crippen molar-refractivity contribution in [1.82, 2.24) is 65.3 Å². The number of likely N-dealkylation sites (N-methyl/N-ethyl adjacent to an activating group) is 2. The smallest absolute Gasteiger partial charge is 0.424 e. The summed E-state index contributed by atoms with van der Waals surface area (Å²) >= 11 is 1.49. The van der Waals surface area contributed by atoms with E-state index in [2.05, 4.69) is 61.2 Å². The Bertz CT molecular complexity index is 5300. The molecule has 1 aliphatic carbocycles. The molecule has 0 saturated carbocycles. The number of hydrogen-bond acceptors (Lipinski definition) is 22. The molecule has 0 bridgehead atoms. The van der Waals surface area contributed by atoms with Crippen molar-refractivity contribution in [3.05, 3.63) is 184 Å². The zero-order valence-corrected chi connectivity index (χ0v) is 87.9. The Morgan fingerprint density at radius 1 is 0.639 bits per heavy atom. The molecule has 786 valence electrons. The number of aryl methyl sites for hydroxylation is 2. The predicted molar refractivity (Wildman–Crippen MR) is 551 cm³/mol. The number of hydrogen-bond donors (Lipinski definition) is 6. The fraction of sp³-hybridized carbons (Fsp3) is 0.560. The number of carbonyl (C=O) groups is 13. The third-order valence-electron chi connectivity index (χ3n) is 28.0. The van der Waals surface area contributed by atoms with Crippen LogP contribution in [-0.2, 0) is 102 Å². The fourth-order valence-corrected chi connectivity index (χ4v) is 20.2. The fourth-order valence-electron chi connectivity index (χ4n) is 19.5. The van der Waals surface area contributed by atoms with Gasteiger partial charge in [-0.15, -0.1) is 11.3 Å². The molecule has 11 atom stereocenters. The lowest BCUT2D eigenvalue weighted by Crippen LogP contribution is -2.60. The topological polar surface area (TPSA) is 412 Å². The van der Waals surface area contributed by atoms with Crippen molar-refractivity contribution in [3.63, 3.8) is 0 Å². The number of aliphatic carboxylic acids is 1. The van der Waals surface area contributed by atoms with Crippen LogP contribution in [0.15, 0.2) is 145 Å². The number of carboxylic acid groups (broad SMARTS) is 1. The number of carbonyl (C=O) groups excluding carboxylic acids is 12. The van der Waals surface area contributed by atoms with Crippen LogP contribution < -0.4 is 27.0 Å². The van der Waals surface area contributed by atoms with Gasteiger partial charge in [-0.3, -0.25) is 52.8 Å². The summed E-state index contributed by atoms with van der Waals surface area (Å²) in [4.78, 5) is 187. The number of aromatic nitrogens is 2. The maximum absolute atomic E-state index is 14.6. The Balaban J connectivity index is 0.000000327. The quantitative estimate of drug-likeness (QED) is 0.0152. The highest BCUT2D eigenvalue weighted by Crippen LogP contribution is 2.45. The number of nitrogens with one attached hydrogen (secondary N) is 4. The second-order valence-electron chi connectivity index (χ2n) is 39.0. The molecule has 11 amide bonds. The number of para-hydroxylation sites is 1.